The largest absolute Gasteiger partial charge is 0.393 e. The van der Waals surface area contributed by atoms with Crippen molar-refractivity contribution < 1.29 is 5.11 Å². The van der Waals surface area contributed by atoms with Gasteiger partial charge in [0.1, 0.15) is 0 Å². The molecule has 1 aliphatic carbocycles. The number of hydrogen-bond donors (Lipinski definition) is 1. The van der Waals surface area contributed by atoms with Gasteiger partial charge in [0.05, 0.1) is 6.10 Å². The summed E-state index contributed by atoms with van der Waals surface area (Å²) in [5.41, 5.74) is 1.27. The van der Waals surface area contributed by atoms with Crippen LogP contribution < -0.4 is 0 Å². The van der Waals surface area contributed by atoms with Gasteiger partial charge in [0, 0.05) is 0 Å². The Balaban J connectivity index is 2.29. The zero-order valence-electron chi connectivity index (χ0n) is 8.21. The van der Waals surface area contributed by atoms with Crippen molar-refractivity contribution in [3.8, 4) is 0 Å². The van der Waals surface area contributed by atoms with Crippen molar-refractivity contribution in [2.45, 2.75) is 45.6 Å². The van der Waals surface area contributed by atoms with E-state index in [2.05, 4.69) is 20.4 Å². The molecular formula is C11H20O. The molecule has 3 unspecified atom stereocenters. The van der Waals surface area contributed by atoms with Crippen LogP contribution in [0.4, 0.5) is 0 Å². The van der Waals surface area contributed by atoms with Gasteiger partial charge in [-0.15, -0.1) is 6.58 Å². The maximum absolute atomic E-state index is 9.51. The van der Waals surface area contributed by atoms with Gasteiger partial charge in [-0.1, -0.05) is 12.5 Å². The van der Waals surface area contributed by atoms with Gasteiger partial charge in [-0.2, -0.15) is 0 Å². The Morgan fingerprint density at radius 2 is 2.17 bits per heavy atom. The Labute approximate surface area is 75.5 Å². The number of allylic oxidation sites excluding steroid dienone is 1. The quantitative estimate of drug-likeness (QED) is 0.642. The summed E-state index contributed by atoms with van der Waals surface area (Å²) < 4.78 is 0. The Morgan fingerprint density at radius 1 is 1.50 bits per heavy atom. The van der Waals surface area contributed by atoms with Crippen LogP contribution in [-0.4, -0.2) is 11.2 Å². The summed E-state index contributed by atoms with van der Waals surface area (Å²) in [7, 11) is 0. The van der Waals surface area contributed by atoms with Gasteiger partial charge in [0.25, 0.3) is 0 Å². The van der Waals surface area contributed by atoms with E-state index in [0.29, 0.717) is 5.92 Å². The molecule has 1 N–H and O–H groups in total. The lowest BCUT2D eigenvalue weighted by atomic mass is 9.91. The van der Waals surface area contributed by atoms with Gasteiger partial charge in [0.15, 0.2) is 0 Å². The zero-order chi connectivity index (χ0) is 9.14. The van der Waals surface area contributed by atoms with E-state index in [1.807, 2.05) is 0 Å². The molecule has 70 valence electrons. The van der Waals surface area contributed by atoms with Crippen molar-refractivity contribution in [1.29, 1.82) is 0 Å². The summed E-state index contributed by atoms with van der Waals surface area (Å²) in [6, 6.07) is 0. The molecule has 3 atom stereocenters. The second-order valence-corrected chi connectivity index (χ2v) is 4.26. The van der Waals surface area contributed by atoms with E-state index in [9.17, 15) is 5.11 Å². The number of aliphatic hydroxyl groups excluding tert-OH is 1. The SMILES string of the molecule is C=C(C)CCC1CCC(O)C1C. The molecule has 0 bridgehead atoms. The van der Waals surface area contributed by atoms with Crippen LogP contribution >= 0.6 is 0 Å². The Kier molecular flexibility index (Phi) is 3.33. The Hall–Kier alpha value is -0.300. The smallest absolute Gasteiger partial charge is 0.0568 e. The first-order chi connectivity index (χ1) is 5.61. The average Bonchev–Trinajstić information content (AvgIpc) is 2.30. The molecule has 0 aromatic heterocycles. The lowest BCUT2D eigenvalue weighted by molar-refractivity contribution is 0.126. The van der Waals surface area contributed by atoms with E-state index in [-0.39, 0.29) is 6.10 Å². The summed E-state index contributed by atoms with van der Waals surface area (Å²) in [4.78, 5) is 0. The van der Waals surface area contributed by atoms with Gasteiger partial charge in [0.2, 0.25) is 0 Å². The molecule has 0 spiro atoms. The first-order valence-electron chi connectivity index (χ1n) is 4.93. The highest BCUT2D eigenvalue weighted by Crippen LogP contribution is 2.35. The van der Waals surface area contributed by atoms with Gasteiger partial charge in [-0.3, -0.25) is 0 Å². The Morgan fingerprint density at radius 3 is 2.58 bits per heavy atom. The van der Waals surface area contributed by atoms with Crippen LogP contribution in [0.15, 0.2) is 12.2 Å². The van der Waals surface area contributed by atoms with Crippen molar-refractivity contribution in [3.05, 3.63) is 12.2 Å². The first kappa shape index (κ1) is 9.79. The fraction of sp³-hybridized carbons (Fsp3) is 0.818. The number of hydrogen-bond acceptors (Lipinski definition) is 1. The maximum Gasteiger partial charge on any atom is 0.0568 e. The molecule has 0 aromatic carbocycles. The number of rotatable bonds is 3. The van der Waals surface area contributed by atoms with Crippen molar-refractivity contribution >= 4 is 0 Å². The molecule has 1 saturated carbocycles. The fourth-order valence-electron chi connectivity index (χ4n) is 2.06. The molecule has 0 aromatic rings. The van der Waals surface area contributed by atoms with Gasteiger partial charge in [-0.05, 0) is 44.4 Å². The minimum atomic E-state index is -0.0416. The summed E-state index contributed by atoms with van der Waals surface area (Å²) in [6.07, 6.45) is 4.51. The highest BCUT2D eigenvalue weighted by Gasteiger charge is 2.30. The van der Waals surface area contributed by atoms with Gasteiger partial charge in [-0.25, -0.2) is 0 Å². The van der Waals surface area contributed by atoms with Crippen LogP contribution in [0.1, 0.15) is 39.5 Å². The normalized spacial score (nSPS) is 35.4. The molecule has 0 radical (unpaired) electrons. The predicted octanol–water partition coefficient (Wildman–Crippen LogP) is 2.75. The molecular weight excluding hydrogens is 148 g/mol. The fourth-order valence-corrected chi connectivity index (χ4v) is 2.06. The minimum Gasteiger partial charge on any atom is -0.393 e. The molecule has 1 rings (SSSR count). The van der Waals surface area contributed by atoms with Crippen molar-refractivity contribution in [3.63, 3.8) is 0 Å². The van der Waals surface area contributed by atoms with Crippen LogP contribution in [0, 0.1) is 11.8 Å². The van der Waals surface area contributed by atoms with E-state index in [0.717, 1.165) is 18.8 Å². The Bertz CT molecular complexity index is 162. The molecule has 1 fully saturated rings. The third-order valence-electron chi connectivity index (χ3n) is 3.13. The molecule has 0 heterocycles. The topological polar surface area (TPSA) is 20.2 Å². The van der Waals surface area contributed by atoms with E-state index in [1.165, 1.54) is 18.4 Å². The predicted molar refractivity (Wildman–Crippen MR) is 51.9 cm³/mol. The van der Waals surface area contributed by atoms with Crippen LogP contribution in [0.25, 0.3) is 0 Å². The third-order valence-corrected chi connectivity index (χ3v) is 3.13. The molecule has 12 heavy (non-hydrogen) atoms. The second-order valence-electron chi connectivity index (χ2n) is 4.26. The maximum atomic E-state index is 9.51. The average molecular weight is 168 g/mol. The third kappa shape index (κ3) is 2.34. The summed E-state index contributed by atoms with van der Waals surface area (Å²) in [5.74, 6) is 1.24. The van der Waals surface area contributed by atoms with Crippen molar-refractivity contribution in [2.75, 3.05) is 0 Å². The molecule has 0 saturated heterocycles. The molecule has 1 nitrogen and oxygen atoms in total. The van der Waals surface area contributed by atoms with Crippen LogP contribution in [0.2, 0.25) is 0 Å². The highest BCUT2D eigenvalue weighted by molar-refractivity contribution is 4.90. The van der Waals surface area contributed by atoms with Crippen molar-refractivity contribution in [2.24, 2.45) is 11.8 Å². The van der Waals surface area contributed by atoms with Crippen LogP contribution in [-0.2, 0) is 0 Å². The molecule has 0 amide bonds. The second kappa shape index (κ2) is 4.08. The summed E-state index contributed by atoms with van der Waals surface area (Å²) >= 11 is 0. The monoisotopic (exact) mass is 168 g/mol. The lowest BCUT2D eigenvalue weighted by Crippen LogP contribution is -2.15. The van der Waals surface area contributed by atoms with Crippen molar-refractivity contribution in [1.82, 2.24) is 0 Å². The zero-order valence-corrected chi connectivity index (χ0v) is 8.21. The van der Waals surface area contributed by atoms with E-state index in [4.69, 9.17) is 0 Å². The molecule has 1 heteroatoms. The van der Waals surface area contributed by atoms with Crippen LogP contribution in [0.5, 0.6) is 0 Å². The molecule has 0 aliphatic heterocycles. The van der Waals surface area contributed by atoms with E-state index >= 15 is 0 Å². The van der Waals surface area contributed by atoms with Crippen LogP contribution in [0.3, 0.4) is 0 Å². The minimum absolute atomic E-state index is 0.0416. The summed E-state index contributed by atoms with van der Waals surface area (Å²) in [5, 5.41) is 9.51. The summed E-state index contributed by atoms with van der Waals surface area (Å²) in [6.45, 7) is 8.14. The van der Waals surface area contributed by atoms with Gasteiger partial charge < -0.3 is 5.11 Å². The standard InChI is InChI=1S/C11H20O/c1-8(2)4-5-10-6-7-11(12)9(10)3/h9-12H,1,4-7H2,2-3H3. The van der Waals surface area contributed by atoms with E-state index in [1.54, 1.807) is 0 Å². The van der Waals surface area contributed by atoms with E-state index < -0.39 is 0 Å². The number of aliphatic hydroxyl groups is 1. The lowest BCUT2D eigenvalue weighted by Gasteiger charge is -2.16. The first-order valence-corrected chi connectivity index (χ1v) is 4.93. The molecule has 1 aliphatic rings. The highest BCUT2D eigenvalue weighted by atomic mass is 16.3. The van der Waals surface area contributed by atoms with Gasteiger partial charge >= 0.3 is 0 Å².